The molecule has 0 aliphatic heterocycles. The second-order valence-corrected chi connectivity index (χ2v) is 7.46. The van der Waals surface area contributed by atoms with Gasteiger partial charge < -0.3 is 4.74 Å². The van der Waals surface area contributed by atoms with Crippen molar-refractivity contribution in [2.75, 3.05) is 6.61 Å². The lowest BCUT2D eigenvalue weighted by atomic mass is 10.1. The molecule has 0 saturated heterocycles. The average molecular weight is 370 g/mol. The van der Waals surface area contributed by atoms with E-state index in [9.17, 15) is 9.59 Å². The minimum Gasteiger partial charge on any atom is -0.464 e. The first-order valence-corrected chi connectivity index (χ1v) is 9.61. The minimum atomic E-state index is -0.665. The van der Waals surface area contributed by atoms with Crippen LogP contribution >= 0.6 is 11.3 Å². The number of carbonyl (C=O) groups excluding carboxylic acids is 1. The number of hydrogen-bond donors (Lipinski definition) is 0. The Kier molecular flexibility index (Phi) is 5.52. The first-order chi connectivity index (χ1) is 12.5. The van der Waals surface area contributed by atoms with Crippen molar-refractivity contribution >= 4 is 27.5 Å². The van der Waals surface area contributed by atoms with E-state index in [1.807, 2.05) is 56.5 Å². The molecule has 26 heavy (non-hydrogen) atoms. The number of ether oxygens (including phenoxy) is 1. The smallest absolute Gasteiger partial charge is 0.329 e. The zero-order valence-electron chi connectivity index (χ0n) is 15.1. The summed E-state index contributed by atoms with van der Waals surface area (Å²) in [6, 6.07) is 9.07. The van der Waals surface area contributed by atoms with Crippen LogP contribution in [0.3, 0.4) is 0 Å². The van der Waals surface area contributed by atoms with Crippen LogP contribution in [0.1, 0.15) is 33.2 Å². The maximum absolute atomic E-state index is 13.1. The second kappa shape index (κ2) is 7.83. The molecule has 6 heteroatoms. The highest BCUT2D eigenvalue weighted by Crippen LogP contribution is 2.30. The van der Waals surface area contributed by atoms with E-state index < -0.39 is 6.04 Å². The number of aromatic nitrogens is 2. The Balaban J connectivity index is 2.06. The van der Waals surface area contributed by atoms with Gasteiger partial charge in [0.05, 0.1) is 18.3 Å². The molecular weight excluding hydrogens is 348 g/mol. The van der Waals surface area contributed by atoms with Crippen molar-refractivity contribution in [3.8, 4) is 11.1 Å². The molecule has 0 aliphatic rings. The molecule has 0 spiro atoms. The molecule has 0 N–H and O–H groups in total. The standard InChI is InChI=1S/C20H22N2O3S/c1-4-16(20(24)25-10-13(2)3)22-12-21-18-17(19(22)23)15(11-26-18)14-8-6-5-7-9-14/h5-9,11-13,16H,4,10H2,1-3H3/t16-/m1/s1. The molecule has 2 aromatic heterocycles. The van der Waals surface area contributed by atoms with Crippen molar-refractivity contribution in [3.05, 3.63) is 52.4 Å². The third-order valence-electron chi connectivity index (χ3n) is 4.16. The van der Waals surface area contributed by atoms with E-state index >= 15 is 0 Å². The molecule has 1 aromatic carbocycles. The number of benzene rings is 1. The third kappa shape index (κ3) is 3.55. The molecule has 3 rings (SSSR count). The second-order valence-electron chi connectivity index (χ2n) is 6.60. The average Bonchev–Trinajstić information content (AvgIpc) is 3.08. The van der Waals surface area contributed by atoms with Gasteiger partial charge >= 0.3 is 5.97 Å². The summed E-state index contributed by atoms with van der Waals surface area (Å²) in [5, 5.41) is 2.50. The minimum absolute atomic E-state index is 0.205. The van der Waals surface area contributed by atoms with Gasteiger partial charge in [0.15, 0.2) is 0 Å². The fourth-order valence-electron chi connectivity index (χ4n) is 2.82. The number of rotatable bonds is 6. The summed E-state index contributed by atoms with van der Waals surface area (Å²) >= 11 is 1.43. The molecule has 0 fully saturated rings. The lowest BCUT2D eigenvalue weighted by Crippen LogP contribution is -2.31. The van der Waals surface area contributed by atoms with Gasteiger partial charge in [-0.25, -0.2) is 9.78 Å². The quantitative estimate of drug-likeness (QED) is 0.608. The van der Waals surface area contributed by atoms with Crippen LogP contribution in [0.2, 0.25) is 0 Å². The van der Waals surface area contributed by atoms with E-state index in [1.165, 1.54) is 22.2 Å². The largest absolute Gasteiger partial charge is 0.464 e. The van der Waals surface area contributed by atoms with Gasteiger partial charge in [-0.1, -0.05) is 51.1 Å². The topological polar surface area (TPSA) is 61.2 Å². The molecule has 3 aromatic rings. The predicted molar refractivity (Wildman–Crippen MR) is 104 cm³/mol. The Morgan fingerprint density at radius 2 is 2.00 bits per heavy atom. The van der Waals surface area contributed by atoms with E-state index in [2.05, 4.69) is 4.98 Å². The summed E-state index contributed by atoms with van der Waals surface area (Å²) in [6.07, 6.45) is 1.93. The van der Waals surface area contributed by atoms with Gasteiger partial charge in [0.1, 0.15) is 10.9 Å². The van der Waals surface area contributed by atoms with Crippen LogP contribution in [0.15, 0.2) is 46.8 Å². The van der Waals surface area contributed by atoms with Crippen molar-refractivity contribution in [2.45, 2.75) is 33.2 Å². The molecule has 0 radical (unpaired) electrons. The van der Waals surface area contributed by atoms with Crippen LogP contribution in [0.4, 0.5) is 0 Å². The highest BCUT2D eigenvalue weighted by Gasteiger charge is 2.24. The van der Waals surface area contributed by atoms with Crippen LogP contribution in [-0.4, -0.2) is 22.1 Å². The molecule has 5 nitrogen and oxygen atoms in total. The number of fused-ring (bicyclic) bond motifs is 1. The Bertz CT molecular complexity index is 960. The lowest BCUT2D eigenvalue weighted by molar-refractivity contribution is -0.149. The van der Waals surface area contributed by atoms with Gasteiger partial charge in [-0.05, 0) is 17.9 Å². The van der Waals surface area contributed by atoms with Crippen molar-refractivity contribution in [2.24, 2.45) is 5.92 Å². The van der Waals surface area contributed by atoms with Crippen molar-refractivity contribution in [1.29, 1.82) is 0 Å². The first-order valence-electron chi connectivity index (χ1n) is 8.73. The van der Waals surface area contributed by atoms with Gasteiger partial charge in [0.2, 0.25) is 0 Å². The van der Waals surface area contributed by atoms with Gasteiger partial charge in [0, 0.05) is 10.9 Å². The summed E-state index contributed by atoms with van der Waals surface area (Å²) in [7, 11) is 0. The zero-order valence-corrected chi connectivity index (χ0v) is 16.0. The lowest BCUT2D eigenvalue weighted by Gasteiger charge is -2.17. The van der Waals surface area contributed by atoms with Crippen LogP contribution in [0.25, 0.3) is 21.3 Å². The molecule has 0 unspecified atom stereocenters. The number of carbonyl (C=O) groups is 1. The first kappa shape index (κ1) is 18.3. The number of esters is 1. The van der Waals surface area contributed by atoms with Crippen molar-refractivity contribution in [3.63, 3.8) is 0 Å². The number of nitrogens with zero attached hydrogens (tertiary/aromatic N) is 2. The molecular formula is C20H22N2O3S. The summed E-state index contributed by atoms with van der Waals surface area (Å²) in [5.41, 5.74) is 1.61. The summed E-state index contributed by atoms with van der Waals surface area (Å²) < 4.78 is 6.76. The third-order valence-corrected chi connectivity index (χ3v) is 5.04. The summed E-state index contributed by atoms with van der Waals surface area (Å²) in [6.45, 7) is 6.16. The molecule has 0 amide bonds. The van der Waals surface area contributed by atoms with Gasteiger partial charge in [-0.2, -0.15) is 0 Å². The highest BCUT2D eigenvalue weighted by atomic mass is 32.1. The maximum Gasteiger partial charge on any atom is 0.329 e. The molecule has 0 saturated carbocycles. The fourth-order valence-corrected chi connectivity index (χ4v) is 3.73. The Morgan fingerprint density at radius 3 is 2.65 bits per heavy atom. The highest BCUT2D eigenvalue weighted by molar-refractivity contribution is 7.17. The predicted octanol–water partition coefficient (Wildman–Crippen LogP) is 4.28. The van der Waals surface area contributed by atoms with E-state index in [0.29, 0.717) is 23.2 Å². The summed E-state index contributed by atoms with van der Waals surface area (Å²) in [5.74, 6) is -0.142. The molecule has 2 heterocycles. The summed E-state index contributed by atoms with van der Waals surface area (Å²) in [4.78, 5) is 30.7. The van der Waals surface area contributed by atoms with Crippen LogP contribution in [-0.2, 0) is 9.53 Å². The molecule has 136 valence electrons. The molecule has 0 bridgehead atoms. The van der Waals surface area contributed by atoms with Crippen LogP contribution in [0, 0.1) is 5.92 Å². The molecule has 0 aliphatic carbocycles. The van der Waals surface area contributed by atoms with Crippen molar-refractivity contribution in [1.82, 2.24) is 9.55 Å². The van der Waals surface area contributed by atoms with Crippen LogP contribution < -0.4 is 5.56 Å². The number of hydrogen-bond acceptors (Lipinski definition) is 5. The number of thiophene rings is 1. The van der Waals surface area contributed by atoms with E-state index in [1.54, 1.807) is 0 Å². The Labute approximate surface area is 156 Å². The van der Waals surface area contributed by atoms with Crippen LogP contribution in [0.5, 0.6) is 0 Å². The fraction of sp³-hybridized carbons (Fsp3) is 0.350. The monoisotopic (exact) mass is 370 g/mol. The van der Waals surface area contributed by atoms with Gasteiger partial charge in [0.25, 0.3) is 5.56 Å². The van der Waals surface area contributed by atoms with Gasteiger partial charge in [-0.3, -0.25) is 9.36 Å². The van der Waals surface area contributed by atoms with E-state index in [0.717, 1.165) is 11.1 Å². The Hall–Kier alpha value is -2.47. The van der Waals surface area contributed by atoms with Gasteiger partial charge in [-0.15, -0.1) is 11.3 Å². The zero-order chi connectivity index (χ0) is 18.7. The molecule has 1 atom stereocenters. The normalized spacial score (nSPS) is 12.5. The van der Waals surface area contributed by atoms with E-state index in [-0.39, 0.29) is 17.4 Å². The SMILES string of the molecule is CC[C@H](C(=O)OCC(C)C)n1cnc2scc(-c3ccccc3)c2c1=O. The Morgan fingerprint density at radius 1 is 1.27 bits per heavy atom. The maximum atomic E-state index is 13.1. The van der Waals surface area contributed by atoms with Crippen molar-refractivity contribution < 1.29 is 9.53 Å². The van der Waals surface area contributed by atoms with E-state index in [4.69, 9.17) is 4.74 Å².